The van der Waals surface area contributed by atoms with E-state index in [1.54, 1.807) is 17.7 Å². The van der Waals surface area contributed by atoms with Gasteiger partial charge in [0.1, 0.15) is 11.5 Å². The van der Waals surface area contributed by atoms with E-state index in [0.29, 0.717) is 23.0 Å². The van der Waals surface area contributed by atoms with Crippen LogP contribution in [0.15, 0.2) is 53.6 Å². The van der Waals surface area contributed by atoms with Gasteiger partial charge in [-0.25, -0.2) is 9.97 Å². The molecule has 4 heterocycles. The topological polar surface area (TPSA) is 116 Å². The van der Waals surface area contributed by atoms with E-state index in [1.165, 1.54) is 12.6 Å². The number of hydrogen-bond acceptors (Lipinski definition) is 9. The molecule has 41 heavy (non-hydrogen) atoms. The number of aliphatic hydroxyl groups excluding tert-OH is 1. The van der Waals surface area contributed by atoms with Crippen molar-refractivity contribution in [1.82, 2.24) is 19.5 Å². The number of aliphatic hydroxyl groups is 1. The van der Waals surface area contributed by atoms with Crippen molar-refractivity contribution in [2.45, 2.75) is 52.2 Å². The molecule has 1 saturated heterocycles. The first-order chi connectivity index (χ1) is 19.9. The largest absolute Gasteiger partial charge is 0.392 e. The molecule has 212 valence electrons. The Hall–Kier alpha value is -4.31. The number of carbonyl (C=O) groups is 1. The molecule has 0 atom stereocenters. The van der Waals surface area contributed by atoms with E-state index in [-0.39, 0.29) is 29.6 Å². The highest BCUT2D eigenvalue weighted by molar-refractivity contribution is 5.99. The van der Waals surface area contributed by atoms with Crippen LogP contribution in [0.25, 0.3) is 11.0 Å². The van der Waals surface area contributed by atoms with E-state index in [2.05, 4.69) is 37.2 Å². The lowest BCUT2D eigenvalue weighted by Gasteiger charge is -2.37. The molecule has 0 bridgehead atoms. The summed E-state index contributed by atoms with van der Waals surface area (Å²) in [4.78, 5) is 44.4. The number of fused-ring (bicyclic) bond motifs is 1. The predicted octanol–water partition coefficient (Wildman–Crippen LogP) is 4.38. The summed E-state index contributed by atoms with van der Waals surface area (Å²) in [5.41, 5.74) is 4.29. The number of aryl methyl sites for hydroxylation is 1. The lowest BCUT2D eigenvalue weighted by molar-refractivity contribution is 0.101. The van der Waals surface area contributed by atoms with Gasteiger partial charge in [-0.15, -0.1) is 0 Å². The van der Waals surface area contributed by atoms with Gasteiger partial charge in [-0.3, -0.25) is 14.2 Å². The third-order valence-corrected chi connectivity index (χ3v) is 8.37. The predicted molar refractivity (Wildman–Crippen MR) is 160 cm³/mol. The van der Waals surface area contributed by atoms with Crippen molar-refractivity contribution < 1.29 is 9.90 Å². The van der Waals surface area contributed by atoms with Crippen molar-refractivity contribution in [3.63, 3.8) is 0 Å². The van der Waals surface area contributed by atoms with Gasteiger partial charge < -0.3 is 20.2 Å². The molecule has 10 heteroatoms. The second-order valence-electron chi connectivity index (χ2n) is 10.9. The maximum absolute atomic E-state index is 13.4. The number of benzene rings is 1. The first kappa shape index (κ1) is 26.9. The second-order valence-corrected chi connectivity index (χ2v) is 10.9. The molecule has 1 aromatic carbocycles. The molecule has 10 nitrogen and oxygen atoms in total. The van der Waals surface area contributed by atoms with E-state index < -0.39 is 0 Å². The highest BCUT2D eigenvalue weighted by Crippen LogP contribution is 2.32. The third-order valence-electron chi connectivity index (χ3n) is 8.37. The number of pyridine rings is 2. The van der Waals surface area contributed by atoms with Crippen LogP contribution in [-0.2, 0) is 6.61 Å². The van der Waals surface area contributed by atoms with Crippen LogP contribution in [-0.4, -0.2) is 56.6 Å². The van der Waals surface area contributed by atoms with Crippen molar-refractivity contribution in [3.8, 4) is 0 Å². The number of carbonyl (C=O) groups excluding carboxylic acids is 1. The maximum atomic E-state index is 13.4. The fourth-order valence-corrected chi connectivity index (χ4v) is 6.11. The summed E-state index contributed by atoms with van der Waals surface area (Å²) in [5.74, 6) is 0.744. The summed E-state index contributed by atoms with van der Waals surface area (Å²) in [6.45, 7) is 6.85. The average Bonchev–Trinajstić information content (AvgIpc) is 3.52. The van der Waals surface area contributed by atoms with E-state index in [9.17, 15) is 14.7 Å². The Bertz CT molecular complexity index is 1620. The number of rotatable bonds is 7. The molecule has 1 aliphatic carbocycles. The van der Waals surface area contributed by atoms with Gasteiger partial charge in [0.05, 0.1) is 24.1 Å². The van der Waals surface area contributed by atoms with Crippen molar-refractivity contribution in [3.05, 3.63) is 75.8 Å². The second kappa shape index (κ2) is 11.3. The normalized spacial score (nSPS) is 16.0. The minimum absolute atomic E-state index is 0.0317. The molecule has 0 radical (unpaired) electrons. The number of nitrogens with zero attached hydrogens (tertiary/aromatic N) is 6. The van der Waals surface area contributed by atoms with Gasteiger partial charge in [-0.1, -0.05) is 25.0 Å². The standard InChI is InChI=1S/C31H35N7O3/c1-20-26-18-33-31(35-29(26)38(24-5-3-4-6-24)30(41)28(20)21(2)40)34-27-12-11-25(17-32-27)37-15-13-36(14-16-37)23-9-7-22(19-39)8-10-23/h7-12,17-18,24,39H,3-6,13-16,19H2,1-2H3,(H,32,33,34,35). The molecule has 1 saturated carbocycles. The van der Waals surface area contributed by atoms with Gasteiger partial charge in [0.25, 0.3) is 5.56 Å². The summed E-state index contributed by atoms with van der Waals surface area (Å²) in [5, 5.41) is 13.2. The van der Waals surface area contributed by atoms with Crippen LogP contribution in [0.3, 0.4) is 0 Å². The summed E-state index contributed by atoms with van der Waals surface area (Å²) in [6, 6.07) is 12.0. The van der Waals surface area contributed by atoms with Gasteiger partial charge in [0, 0.05) is 49.5 Å². The Morgan fingerprint density at radius 3 is 2.22 bits per heavy atom. The monoisotopic (exact) mass is 553 g/mol. The van der Waals surface area contributed by atoms with E-state index >= 15 is 0 Å². The highest BCUT2D eigenvalue weighted by Gasteiger charge is 2.26. The molecule has 4 aromatic rings. The molecule has 0 unspecified atom stereocenters. The van der Waals surface area contributed by atoms with Gasteiger partial charge in [0.15, 0.2) is 5.78 Å². The Morgan fingerprint density at radius 2 is 1.61 bits per heavy atom. The van der Waals surface area contributed by atoms with E-state index in [4.69, 9.17) is 4.98 Å². The Labute approximate surface area is 238 Å². The number of ketones is 1. The summed E-state index contributed by atoms with van der Waals surface area (Å²) < 4.78 is 1.72. The number of piperazine rings is 1. The smallest absolute Gasteiger partial charge is 0.263 e. The first-order valence-electron chi connectivity index (χ1n) is 14.3. The maximum Gasteiger partial charge on any atom is 0.263 e. The van der Waals surface area contributed by atoms with Crippen LogP contribution in [0, 0.1) is 6.92 Å². The molecular formula is C31H35N7O3. The number of nitrogens with one attached hydrogen (secondary N) is 1. The third kappa shape index (κ3) is 5.27. The quantitative estimate of drug-likeness (QED) is 0.322. The van der Waals surface area contributed by atoms with Crippen molar-refractivity contribution >= 4 is 40.0 Å². The molecule has 2 N–H and O–H groups in total. The Balaban J connectivity index is 1.19. The average molecular weight is 554 g/mol. The minimum Gasteiger partial charge on any atom is -0.392 e. The van der Waals surface area contributed by atoms with Crippen LogP contribution in [0.5, 0.6) is 0 Å². The number of hydrogen-bond donors (Lipinski definition) is 2. The van der Waals surface area contributed by atoms with Crippen LogP contribution >= 0.6 is 0 Å². The van der Waals surface area contributed by atoms with Crippen molar-refractivity contribution in [2.75, 3.05) is 41.3 Å². The fourth-order valence-electron chi connectivity index (χ4n) is 6.11. The molecule has 6 rings (SSSR count). The Kier molecular flexibility index (Phi) is 7.40. The van der Waals surface area contributed by atoms with Crippen LogP contribution in [0.2, 0.25) is 0 Å². The number of aromatic nitrogens is 4. The van der Waals surface area contributed by atoms with Crippen molar-refractivity contribution in [2.24, 2.45) is 0 Å². The summed E-state index contributed by atoms with van der Waals surface area (Å²) in [7, 11) is 0. The zero-order chi connectivity index (χ0) is 28.5. The van der Waals surface area contributed by atoms with E-state index in [0.717, 1.165) is 68.5 Å². The zero-order valence-electron chi connectivity index (χ0n) is 23.5. The lowest BCUT2D eigenvalue weighted by Crippen LogP contribution is -2.46. The molecular weight excluding hydrogens is 518 g/mol. The molecule has 2 aliphatic rings. The first-order valence-corrected chi connectivity index (χ1v) is 14.3. The van der Waals surface area contributed by atoms with Gasteiger partial charge in [0.2, 0.25) is 5.95 Å². The minimum atomic E-state index is -0.260. The SMILES string of the molecule is CC(=O)c1c(C)c2cnc(Nc3ccc(N4CCN(c5ccc(CO)cc5)CC4)cn3)nc2n(C2CCCC2)c1=O. The van der Waals surface area contributed by atoms with E-state index in [1.807, 2.05) is 30.5 Å². The lowest BCUT2D eigenvalue weighted by atomic mass is 10.0. The van der Waals surface area contributed by atoms with Gasteiger partial charge in [-0.05, 0) is 62.1 Å². The Morgan fingerprint density at radius 1 is 0.951 bits per heavy atom. The summed E-state index contributed by atoms with van der Waals surface area (Å²) >= 11 is 0. The van der Waals surface area contributed by atoms with Crippen LogP contribution < -0.4 is 20.7 Å². The van der Waals surface area contributed by atoms with Crippen molar-refractivity contribution in [1.29, 1.82) is 0 Å². The fraction of sp³-hybridized carbons (Fsp3) is 0.387. The van der Waals surface area contributed by atoms with Gasteiger partial charge in [-0.2, -0.15) is 4.98 Å². The molecule has 0 amide bonds. The molecule has 1 aliphatic heterocycles. The van der Waals surface area contributed by atoms with Gasteiger partial charge >= 0.3 is 0 Å². The number of anilines is 4. The van der Waals surface area contributed by atoms with Crippen LogP contribution in [0.1, 0.15) is 60.1 Å². The molecule has 3 aromatic heterocycles. The molecule has 2 fully saturated rings. The zero-order valence-corrected chi connectivity index (χ0v) is 23.5. The summed E-state index contributed by atoms with van der Waals surface area (Å²) in [6.07, 6.45) is 7.46. The van der Waals surface area contributed by atoms with Crippen LogP contribution in [0.4, 0.5) is 23.1 Å². The number of Topliss-reactive ketones (excluding diaryl/α,β-unsaturated/α-hetero) is 1. The molecule has 0 spiro atoms. The highest BCUT2D eigenvalue weighted by atomic mass is 16.3.